The lowest BCUT2D eigenvalue weighted by Gasteiger charge is -2.11. The van der Waals surface area contributed by atoms with Crippen LogP contribution in [0, 0.1) is 11.3 Å². The molecule has 6 heteroatoms. The molecule has 2 aromatic rings. The fourth-order valence-electron chi connectivity index (χ4n) is 1.91. The van der Waals surface area contributed by atoms with Gasteiger partial charge < -0.3 is 5.73 Å². The van der Waals surface area contributed by atoms with Crippen LogP contribution in [0.25, 0.3) is 0 Å². The molecule has 21 heavy (non-hydrogen) atoms. The lowest BCUT2D eigenvalue weighted by molar-refractivity contribution is 0.103. The van der Waals surface area contributed by atoms with Gasteiger partial charge in [-0.3, -0.25) is 4.79 Å². The van der Waals surface area contributed by atoms with Gasteiger partial charge in [-0.1, -0.05) is 39.1 Å². The second kappa shape index (κ2) is 6.48. The van der Waals surface area contributed by atoms with Crippen LogP contribution in [0.2, 0.25) is 10.0 Å². The van der Waals surface area contributed by atoms with Crippen molar-refractivity contribution in [2.24, 2.45) is 0 Å². The van der Waals surface area contributed by atoms with E-state index in [1.807, 2.05) is 6.07 Å². The van der Waals surface area contributed by atoms with Gasteiger partial charge in [0.25, 0.3) is 0 Å². The third kappa shape index (κ3) is 3.38. The van der Waals surface area contributed by atoms with Crippen LogP contribution in [0.3, 0.4) is 0 Å². The van der Waals surface area contributed by atoms with Crippen LogP contribution in [0.4, 0.5) is 5.69 Å². The molecule has 2 N–H and O–H groups in total. The summed E-state index contributed by atoms with van der Waals surface area (Å²) in [5, 5.41) is 9.46. The second-order valence-electron chi connectivity index (χ2n) is 4.31. The van der Waals surface area contributed by atoms with Crippen molar-refractivity contribution < 1.29 is 4.79 Å². The quantitative estimate of drug-likeness (QED) is 0.620. The average molecular weight is 384 g/mol. The Balaban J connectivity index is 2.56. The van der Waals surface area contributed by atoms with Gasteiger partial charge in [0.1, 0.15) is 0 Å². The Hall–Kier alpha value is -1.54. The topological polar surface area (TPSA) is 66.9 Å². The molecular formula is C15H9BrCl2N2O. The summed E-state index contributed by atoms with van der Waals surface area (Å²) in [6.45, 7) is 0. The molecule has 0 radical (unpaired) electrons. The second-order valence-corrected chi connectivity index (χ2v) is 6.07. The molecule has 0 spiro atoms. The summed E-state index contributed by atoms with van der Waals surface area (Å²) in [6, 6.07) is 10.0. The van der Waals surface area contributed by atoms with E-state index in [2.05, 4.69) is 15.9 Å². The van der Waals surface area contributed by atoms with Gasteiger partial charge in [-0.2, -0.15) is 5.26 Å². The maximum absolute atomic E-state index is 12.6. The molecule has 0 aromatic heterocycles. The van der Waals surface area contributed by atoms with Gasteiger partial charge in [0, 0.05) is 26.3 Å². The van der Waals surface area contributed by atoms with E-state index in [1.165, 1.54) is 6.07 Å². The highest BCUT2D eigenvalue weighted by Gasteiger charge is 2.18. The molecule has 3 nitrogen and oxygen atoms in total. The standard InChI is InChI=1S/C15H9BrCl2N2O/c16-9-1-2-11(13(18)6-9)15(21)12-7-10(17)5-8(3-4-19)14(12)20/h1-2,5-7H,3,20H2. The lowest BCUT2D eigenvalue weighted by Crippen LogP contribution is -2.08. The van der Waals surface area contributed by atoms with Gasteiger partial charge in [0.05, 0.1) is 17.5 Å². The van der Waals surface area contributed by atoms with Gasteiger partial charge in [-0.05, 0) is 35.9 Å². The minimum Gasteiger partial charge on any atom is -0.398 e. The molecule has 2 aromatic carbocycles. The third-order valence-electron chi connectivity index (χ3n) is 2.92. The van der Waals surface area contributed by atoms with Crippen molar-refractivity contribution in [1.82, 2.24) is 0 Å². The van der Waals surface area contributed by atoms with Crippen molar-refractivity contribution in [3.05, 3.63) is 61.5 Å². The Morgan fingerprint density at radius 3 is 2.57 bits per heavy atom. The number of hydrogen-bond acceptors (Lipinski definition) is 3. The summed E-state index contributed by atoms with van der Waals surface area (Å²) >= 11 is 15.4. The number of carbonyl (C=O) groups is 1. The number of nitrogen functional groups attached to an aromatic ring is 1. The first-order chi connectivity index (χ1) is 9.93. The Labute approximate surface area is 140 Å². The maximum Gasteiger partial charge on any atom is 0.196 e. The molecule has 0 aliphatic rings. The van der Waals surface area contributed by atoms with E-state index in [4.69, 9.17) is 34.2 Å². The van der Waals surface area contributed by atoms with Crippen molar-refractivity contribution in [2.75, 3.05) is 5.73 Å². The number of nitrogens with two attached hydrogens (primary N) is 1. The Bertz CT molecular complexity index is 769. The van der Waals surface area contributed by atoms with Crippen molar-refractivity contribution in [2.45, 2.75) is 6.42 Å². The summed E-state index contributed by atoms with van der Waals surface area (Å²) in [6.07, 6.45) is 0.0841. The molecule has 0 unspecified atom stereocenters. The van der Waals surface area contributed by atoms with Crippen LogP contribution in [0.5, 0.6) is 0 Å². The number of benzene rings is 2. The predicted octanol–water partition coefficient (Wildman–Crippen LogP) is 4.64. The highest BCUT2D eigenvalue weighted by atomic mass is 79.9. The lowest BCUT2D eigenvalue weighted by atomic mass is 9.98. The number of nitriles is 1. The largest absolute Gasteiger partial charge is 0.398 e. The number of rotatable bonds is 3. The molecule has 0 saturated heterocycles. The normalized spacial score (nSPS) is 10.2. The molecule has 0 aliphatic heterocycles. The van der Waals surface area contributed by atoms with Crippen molar-refractivity contribution in [1.29, 1.82) is 5.26 Å². The van der Waals surface area contributed by atoms with Gasteiger partial charge in [0.2, 0.25) is 0 Å². The van der Waals surface area contributed by atoms with E-state index in [0.29, 0.717) is 21.2 Å². The fraction of sp³-hybridized carbons (Fsp3) is 0.0667. The van der Waals surface area contributed by atoms with Gasteiger partial charge in [0.15, 0.2) is 5.78 Å². The molecule has 0 saturated carbocycles. The fourth-order valence-corrected chi connectivity index (χ4v) is 2.91. The van der Waals surface area contributed by atoms with Crippen molar-refractivity contribution >= 4 is 50.6 Å². The molecule has 0 aliphatic carbocycles. The zero-order valence-corrected chi connectivity index (χ0v) is 13.8. The Morgan fingerprint density at radius 2 is 1.95 bits per heavy atom. The first-order valence-electron chi connectivity index (χ1n) is 5.88. The molecule has 0 bridgehead atoms. The van der Waals surface area contributed by atoms with E-state index >= 15 is 0 Å². The molecule has 2 rings (SSSR count). The van der Waals surface area contributed by atoms with E-state index in [-0.39, 0.29) is 23.5 Å². The Morgan fingerprint density at radius 1 is 1.24 bits per heavy atom. The van der Waals surface area contributed by atoms with Gasteiger partial charge >= 0.3 is 0 Å². The molecule has 0 amide bonds. The number of carbonyl (C=O) groups excluding carboxylic acids is 1. The average Bonchev–Trinajstić information content (AvgIpc) is 2.42. The van der Waals surface area contributed by atoms with Crippen molar-refractivity contribution in [3.8, 4) is 6.07 Å². The maximum atomic E-state index is 12.6. The third-order valence-corrected chi connectivity index (χ3v) is 3.94. The first-order valence-corrected chi connectivity index (χ1v) is 7.43. The zero-order chi connectivity index (χ0) is 15.6. The molecule has 0 atom stereocenters. The highest BCUT2D eigenvalue weighted by molar-refractivity contribution is 9.10. The molecule has 106 valence electrons. The van der Waals surface area contributed by atoms with Crippen LogP contribution in [-0.2, 0) is 6.42 Å². The zero-order valence-electron chi connectivity index (χ0n) is 10.7. The van der Waals surface area contributed by atoms with Gasteiger partial charge in [-0.15, -0.1) is 0 Å². The number of anilines is 1. The number of nitrogens with zero attached hydrogens (tertiary/aromatic N) is 1. The number of ketones is 1. The van der Waals surface area contributed by atoms with Crippen LogP contribution in [0.1, 0.15) is 21.5 Å². The molecule has 0 fully saturated rings. The van der Waals surface area contributed by atoms with Crippen LogP contribution in [-0.4, -0.2) is 5.78 Å². The minimum atomic E-state index is -0.327. The monoisotopic (exact) mass is 382 g/mol. The number of hydrogen-bond donors (Lipinski definition) is 1. The van der Waals surface area contributed by atoms with Crippen LogP contribution >= 0.6 is 39.1 Å². The smallest absolute Gasteiger partial charge is 0.196 e. The van der Waals surface area contributed by atoms with E-state index in [9.17, 15) is 4.79 Å². The summed E-state index contributed by atoms with van der Waals surface area (Å²) in [5.74, 6) is -0.327. The summed E-state index contributed by atoms with van der Waals surface area (Å²) in [5.41, 5.74) is 7.33. The van der Waals surface area contributed by atoms with Crippen LogP contribution < -0.4 is 5.73 Å². The summed E-state index contributed by atoms with van der Waals surface area (Å²) < 4.78 is 0.772. The highest BCUT2D eigenvalue weighted by Crippen LogP contribution is 2.29. The Kier molecular flexibility index (Phi) is 4.89. The van der Waals surface area contributed by atoms with E-state index in [0.717, 1.165) is 4.47 Å². The summed E-state index contributed by atoms with van der Waals surface area (Å²) in [7, 11) is 0. The van der Waals surface area contributed by atoms with Gasteiger partial charge in [-0.25, -0.2) is 0 Å². The molecule has 0 heterocycles. The number of halogens is 3. The summed E-state index contributed by atoms with van der Waals surface area (Å²) in [4.78, 5) is 12.6. The minimum absolute atomic E-state index is 0.0841. The SMILES string of the molecule is N#CCc1cc(Cl)cc(C(=O)c2ccc(Br)cc2Cl)c1N. The van der Waals surface area contributed by atoms with Crippen LogP contribution in [0.15, 0.2) is 34.8 Å². The van der Waals surface area contributed by atoms with Crippen molar-refractivity contribution in [3.63, 3.8) is 0 Å². The first kappa shape index (κ1) is 15.8. The predicted molar refractivity (Wildman–Crippen MR) is 87.8 cm³/mol. The van der Waals surface area contributed by atoms with E-state index < -0.39 is 0 Å². The van der Waals surface area contributed by atoms with E-state index in [1.54, 1.807) is 24.3 Å². The molecular weight excluding hydrogens is 375 g/mol.